The third-order valence-corrected chi connectivity index (χ3v) is 4.79. The first-order chi connectivity index (χ1) is 11.3. The number of hydrogen-bond acceptors (Lipinski definition) is 2. The molecule has 2 rings (SSSR count). The van der Waals surface area contributed by atoms with Crippen molar-refractivity contribution in [2.45, 2.75) is 25.2 Å². The van der Waals surface area contributed by atoms with Gasteiger partial charge in [0, 0.05) is 11.0 Å². The lowest BCUT2D eigenvalue weighted by molar-refractivity contribution is -0.143. The lowest BCUT2D eigenvalue weighted by atomic mass is 9.82. The molecular weight excluding hydrogens is 370 g/mol. The summed E-state index contributed by atoms with van der Waals surface area (Å²) in [5.41, 5.74) is 0.373. The van der Waals surface area contributed by atoms with Crippen molar-refractivity contribution in [3.8, 4) is 0 Å². The molecule has 126 valence electrons. The van der Waals surface area contributed by atoms with Crippen LogP contribution in [0.3, 0.4) is 0 Å². The van der Waals surface area contributed by atoms with Crippen LogP contribution in [0.15, 0.2) is 59.1 Å². The van der Waals surface area contributed by atoms with Gasteiger partial charge in [0.25, 0.3) is 0 Å². The molecule has 4 nitrogen and oxygen atoms in total. The Bertz CT molecular complexity index is 715. The number of nitrogens with one attached hydrogen (secondary N) is 1. The molecule has 0 bridgehead atoms. The Morgan fingerprint density at radius 2 is 1.71 bits per heavy atom. The molecule has 2 aromatic rings. The maximum atomic E-state index is 12.4. The van der Waals surface area contributed by atoms with E-state index < -0.39 is 11.4 Å². The Balaban J connectivity index is 2.10. The number of hydrogen-bond donors (Lipinski definition) is 2. The molecule has 0 aliphatic heterocycles. The predicted molar refractivity (Wildman–Crippen MR) is 97.0 cm³/mol. The summed E-state index contributed by atoms with van der Waals surface area (Å²) in [6.07, 6.45) is 0. The molecule has 24 heavy (non-hydrogen) atoms. The van der Waals surface area contributed by atoms with Gasteiger partial charge >= 0.3 is 5.97 Å². The number of aliphatic carboxylic acids is 1. The molecular formula is C19H20BrNO3. The maximum absolute atomic E-state index is 12.4. The average molecular weight is 390 g/mol. The van der Waals surface area contributed by atoms with Gasteiger partial charge in [-0.2, -0.15) is 0 Å². The summed E-state index contributed by atoms with van der Waals surface area (Å²) < 4.78 is 0.946. The molecule has 2 atom stereocenters. The standard InChI is InChI=1S/C19H20BrNO3/c1-13(14-8-10-16(20)11-9-14)17(22)21-12-19(2,18(23)24)15-6-4-3-5-7-15/h3-11,13H,12H2,1-2H3,(H,21,22)(H,23,24). The van der Waals surface area contributed by atoms with E-state index >= 15 is 0 Å². The Kier molecular flexibility index (Phi) is 5.78. The van der Waals surface area contributed by atoms with Crippen LogP contribution in [0.5, 0.6) is 0 Å². The van der Waals surface area contributed by atoms with E-state index in [1.165, 1.54) is 0 Å². The van der Waals surface area contributed by atoms with E-state index in [0.717, 1.165) is 10.0 Å². The normalized spacial score (nSPS) is 14.5. The first-order valence-corrected chi connectivity index (χ1v) is 8.46. The minimum atomic E-state index is -1.17. The molecule has 0 heterocycles. The zero-order chi connectivity index (χ0) is 17.7. The van der Waals surface area contributed by atoms with E-state index in [1.54, 1.807) is 38.1 Å². The van der Waals surface area contributed by atoms with E-state index in [0.29, 0.717) is 5.56 Å². The number of rotatable bonds is 6. The number of carboxylic acids is 1. The third kappa shape index (κ3) is 4.03. The van der Waals surface area contributed by atoms with Crippen molar-refractivity contribution in [3.63, 3.8) is 0 Å². The zero-order valence-corrected chi connectivity index (χ0v) is 15.2. The van der Waals surface area contributed by atoms with E-state index in [-0.39, 0.29) is 18.4 Å². The van der Waals surface area contributed by atoms with Crippen molar-refractivity contribution in [2.75, 3.05) is 6.54 Å². The van der Waals surface area contributed by atoms with Gasteiger partial charge in [-0.3, -0.25) is 9.59 Å². The fourth-order valence-electron chi connectivity index (χ4n) is 2.43. The highest BCUT2D eigenvalue weighted by atomic mass is 79.9. The lowest BCUT2D eigenvalue weighted by Crippen LogP contribution is -2.45. The highest BCUT2D eigenvalue weighted by Gasteiger charge is 2.35. The van der Waals surface area contributed by atoms with Crippen molar-refractivity contribution in [2.24, 2.45) is 0 Å². The number of carbonyl (C=O) groups is 2. The number of amides is 1. The summed E-state index contributed by atoms with van der Waals surface area (Å²) in [5, 5.41) is 12.4. The summed E-state index contributed by atoms with van der Waals surface area (Å²) >= 11 is 3.36. The molecule has 0 saturated carbocycles. The molecule has 2 unspecified atom stereocenters. The summed E-state index contributed by atoms with van der Waals surface area (Å²) in [7, 11) is 0. The van der Waals surface area contributed by atoms with Crippen LogP contribution in [0.4, 0.5) is 0 Å². The largest absolute Gasteiger partial charge is 0.481 e. The van der Waals surface area contributed by atoms with Crippen LogP contribution in [0, 0.1) is 0 Å². The Morgan fingerprint density at radius 1 is 1.12 bits per heavy atom. The highest BCUT2D eigenvalue weighted by molar-refractivity contribution is 9.10. The van der Waals surface area contributed by atoms with E-state index in [9.17, 15) is 14.7 Å². The molecule has 0 aliphatic carbocycles. The summed E-state index contributed by atoms with van der Waals surface area (Å²) in [5.74, 6) is -1.52. The molecule has 0 aliphatic rings. The van der Waals surface area contributed by atoms with Crippen molar-refractivity contribution in [3.05, 3.63) is 70.2 Å². The molecule has 0 radical (unpaired) electrons. The number of carboxylic acid groups (broad SMARTS) is 1. The number of carbonyl (C=O) groups excluding carboxylic acids is 1. The second-order valence-electron chi connectivity index (χ2n) is 5.99. The van der Waals surface area contributed by atoms with Crippen LogP contribution in [-0.4, -0.2) is 23.5 Å². The first-order valence-electron chi connectivity index (χ1n) is 7.66. The van der Waals surface area contributed by atoms with Gasteiger partial charge in [-0.25, -0.2) is 0 Å². The molecule has 1 amide bonds. The van der Waals surface area contributed by atoms with Crippen LogP contribution < -0.4 is 5.32 Å². The minimum Gasteiger partial charge on any atom is -0.481 e. The molecule has 0 fully saturated rings. The van der Waals surface area contributed by atoms with Crippen LogP contribution in [0.1, 0.15) is 30.9 Å². The zero-order valence-electron chi connectivity index (χ0n) is 13.6. The summed E-state index contributed by atoms with van der Waals surface area (Å²) in [6, 6.07) is 16.5. The average Bonchev–Trinajstić information content (AvgIpc) is 2.60. The SMILES string of the molecule is CC(C(=O)NCC(C)(C(=O)O)c1ccccc1)c1ccc(Br)cc1. The molecule has 2 N–H and O–H groups in total. The van der Waals surface area contributed by atoms with E-state index in [4.69, 9.17) is 0 Å². The fraction of sp³-hybridized carbons (Fsp3) is 0.263. The molecule has 0 saturated heterocycles. The van der Waals surface area contributed by atoms with Gasteiger partial charge in [-0.05, 0) is 37.1 Å². The summed E-state index contributed by atoms with van der Waals surface area (Å²) in [4.78, 5) is 24.2. The number of halogens is 1. The van der Waals surface area contributed by atoms with Gasteiger partial charge in [-0.1, -0.05) is 58.4 Å². The van der Waals surface area contributed by atoms with Crippen LogP contribution in [0.25, 0.3) is 0 Å². The van der Waals surface area contributed by atoms with Gasteiger partial charge in [0.1, 0.15) is 5.41 Å². The van der Waals surface area contributed by atoms with E-state index in [2.05, 4.69) is 21.2 Å². The molecule has 2 aromatic carbocycles. The Labute approximate surface area is 150 Å². The topological polar surface area (TPSA) is 66.4 Å². The quantitative estimate of drug-likeness (QED) is 0.790. The van der Waals surface area contributed by atoms with Crippen LogP contribution >= 0.6 is 15.9 Å². The number of benzene rings is 2. The van der Waals surface area contributed by atoms with Gasteiger partial charge in [0.2, 0.25) is 5.91 Å². The van der Waals surface area contributed by atoms with Crippen LogP contribution in [0.2, 0.25) is 0 Å². The lowest BCUT2D eigenvalue weighted by Gasteiger charge is -2.26. The predicted octanol–water partition coefficient (Wildman–Crippen LogP) is 3.71. The van der Waals surface area contributed by atoms with Gasteiger partial charge in [0.15, 0.2) is 0 Å². The van der Waals surface area contributed by atoms with Crippen molar-refractivity contribution in [1.29, 1.82) is 0 Å². The smallest absolute Gasteiger partial charge is 0.315 e. The fourth-order valence-corrected chi connectivity index (χ4v) is 2.69. The van der Waals surface area contributed by atoms with Gasteiger partial charge in [-0.15, -0.1) is 0 Å². The summed E-state index contributed by atoms with van der Waals surface area (Å²) in [6.45, 7) is 3.46. The second-order valence-corrected chi connectivity index (χ2v) is 6.91. The van der Waals surface area contributed by atoms with Gasteiger partial charge < -0.3 is 10.4 Å². The Hall–Kier alpha value is -2.14. The maximum Gasteiger partial charge on any atom is 0.315 e. The molecule has 0 spiro atoms. The third-order valence-electron chi connectivity index (χ3n) is 4.26. The van der Waals surface area contributed by atoms with E-state index in [1.807, 2.05) is 30.3 Å². The molecule has 0 aromatic heterocycles. The van der Waals surface area contributed by atoms with Gasteiger partial charge in [0.05, 0.1) is 5.92 Å². The Morgan fingerprint density at radius 3 is 2.25 bits per heavy atom. The van der Waals surface area contributed by atoms with Crippen LogP contribution in [-0.2, 0) is 15.0 Å². The van der Waals surface area contributed by atoms with Crippen molar-refractivity contribution >= 4 is 27.8 Å². The van der Waals surface area contributed by atoms with Crippen molar-refractivity contribution < 1.29 is 14.7 Å². The monoisotopic (exact) mass is 389 g/mol. The second kappa shape index (κ2) is 7.62. The minimum absolute atomic E-state index is 0.0338. The van der Waals surface area contributed by atoms with Crippen molar-refractivity contribution in [1.82, 2.24) is 5.32 Å². The first kappa shape index (κ1) is 18.2. The highest BCUT2D eigenvalue weighted by Crippen LogP contribution is 2.24. The molecule has 5 heteroatoms.